The summed E-state index contributed by atoms with van der Waals surface area (Å²) in [5, 5.41) is 3.02. The number of anilines is 1. The summed E-state index contributed by atoms with van der Waals surface area (Å²) in [4.78, 5) is 16.9. The zero-order valence-corrected chi connectivity index (χ0v) is 15.0. The second-order valence-corrected chi connectivity index (χ2v) is 6.96. The van der Waals surface area contributed by atoms with Crippen molar-refractivity contribution in [1.82, 2.24) is 9.80 Å². The molecule has 0 aliphatic carbocycles. The van der Waals surface area contributed by atoms with Crippen molar-refractivity contribution in [3.63, 3.8) is 0 Å². The molecule has 5 heteroatoms. The highest BCUT2D eigenvalue weighted by Gasteiger charge is 2.37. The van der Waals surface area contributed by atoms with Crippen molar-refractivity contribution < 1.29 is 9.53 Å². The average Bonchev–Trinajstić information content (AvgIpc) is 2.54. The lowest BCUT2D eigenvalue weighted by Gasteiger charge is -2.48. The van der Waals surface area contributed by atoms with Gasteiger partial charge in [0.25, 0.3) is 0 Å². The number of carbonyl (C=O) groups excluding carboxylic acids is 1. The molecule has 2 aliphatic rings. The van der Waals surface area contributed by atoms with Crippen molar-refractivity contribution in [2.75, 3.05) is 38.2 Å². The van der Waals surface area contributed by atoms with Crippen molar-refractivity contribution in [3.05, 3.63) is 29.3 Å². The highest BCUT2D eigenvalue weighted by atomic mass is 16.5. The van der Waals surface area contributed by atoms with Crippen molar-refractivity contribution in [3.8, 4) is 0 Å². The molecule has 5 nitrogen and oxygen atoms in total. The molecule has 0 unspecified atom stereocenters. The molecule has 0 atom stereocenters. The molecule has 1 aromatic carbocycles. The molecule has 2 amide bonds. The molecule has 1 N–H and O–H groups in total. The lowest BCUT2D eigenvalue weighted by molar-refractivity contribution is -0.0149. The summed E-state index contributed by atoms with van der Waals surface area (Å²) in [5.74, 6) is 0. The largest absolute Gasteiger partial charge is 0.381 e. The second-order valence-electron chi connectivity index (χ2n) is 6.96. The molecule has 2 heterocycles. The van der Waals surface area contributed by atoms with E-state index in [0.717, 1.165) is 51.4 Å². The van der Waals surface area contributed by atoms with Crippen LogP contribution in [0.2, 0.25) is 0 Å². The molecule has 2 aliphatic heterocycles. The first kappa shape index (κ1) is 17.2. The van der Waals surface area contributed by atoms with Gasteiger partial charge in [-0.05, 0) is 56.5 Å². The Morgan fingerprint density at radius 3 is 2.54 bits per heavy atom. The van der Waals surface area contributed by atoms with Crippen LogP contribution in [0.15, 0.2) is 18.2 Å². The van der Waals surface area contributed by atoms with E-state index in [4.69, 9.17) is 4.74 Å². The maximum atomic E-state index is 12.4. The fraction of sp³-hybridized carbons (Fsp3) is 0.632. The third kappa shape index (κ3) is 3.73. The lowest BCUT2D eigenvalue weighted by atomic mass is 10.0. The van der Waals surface area contributed by atoms with Gasteiger partial charge in [0.15, 0.2) is 0 Å². The van der Waals surface area contributed by atoms with E-state index in [1.807, 2.05) is 23.1 Å². The zero-order chi connectivity index (χ0) is 17.1. The Bertz CT molecular complexity index is 578. The van der Waals surface area contributed by atoms with E-state index in [1.54, 1.807) is 0 Å². The lowest BCUT2D eigenvalue weighted by Crippen LogP contribution is -2.64. The number of nitrogens with zero attached hydrogens (tertiary/aromatic N) is 2. The first-order valence-corrected chi connectivity index (χ1v) is 9.05. The Morgan fingerprint density at radius 2 is 1.92 bits per heavy atom. The summed E-state index contributed by atoms with van der Waals surface area (Å²) in [6.45, 7) is 10.8. The summed E-state index contributed by atoms with van der Waals surface area (Å²) in [7, 11) is 0. The van der Waals surface area contributed by atoms with Gasteiger partial charge in [-0.3, -0.25) is 4.90 Å². The quantitative estimate of drug-likeness (QED) is 0.922. The number of benzene rings is 1. The second kappa shape index (κ2) is 7.53. The number of aryl methyl sites for hydroxylation is 2. The molecule has 0 spiro atoms. The summed E-state index contributed by atoms with van der Waals surface area (Å²) in [6, 6.07) is 7.16. The summed E-state index contributed by atoms with van der Waals surface area (Å²) < 4.78 is 5.47. The summed E-state index contributed by atoms with van der Waals surface area (Å²) in [6.07, 6.45) is 2.22. The van der Waals surface area contributed by atoms with Gasteiger partial charge in [0.05, 0.1) is 0 Å². The van der Waals surface area contributed by atoms with E-state index in [2.05, 4.69) is 31.0 Å². The van der Waals surface area contributed by atoms with Gasteiger partial charge in [0.2, 0.25) is 0 Å². The molecular weight excluding hydrogens is 302 g/mol. The molecule has 2 fully saturated rings. The highest BCUT2D eigenvalue weighted by Crippen LogP contribution is 2.23. The number of rotatable bonds is 4. The van der Waals surface area contributed by atoms with Gasteiger partial charge in [-0.15, -0.1) is 0 Å². The van der Waals surface area contributed by atoms with Crippen molar-refractivity contribution in [2.45, 2.75) is 45.7 Å². The number of hydrogen-bond acceptors (Lipinski definition) is 3. The van der Waals surface area contributed by atoms with Crippen molar-refractivity contribution in [2.24, 2.45) is 0 Å². The Hall–Kier alpha value is -1.59. The minimum atomic E-state index is 0.0116. The fourth-order valence-corrected chi connectivity index (χ4v) is 3.68. The van der Waals surface area contributed by atoms with Crippen molar-refractivity contribution in [1.29, 1.82) is 0 Å². The minimum Gasteiger partial charge on any atom is -0.381 e. The number of nitrogens with one attached hydrogen (secondary N) is 1. The maximum absolute atomic E-state index is 12.4. The number of ether oxygens (including phenoxy) is 1. The van der Waals surface area contributed by atoms with Crippen LogP contribution in [0.4, 0.5) is 10.5 Å². The zero-order valence-electron chi connectivity index (χ0n) is 15.0. The molecule has 0 saturated carbocycles. The highest BCUT2D eigenvalue weighted by molar-refractivity contribution is 5.90. The number of hydrogen-bond donors (Lipinski definition) is 1. The van der Waals surface area contributed by atoms with E-state index < -0.39 is 0 Å². The summed E-state index contributed by atoms with van der Waals surface area (Å²) >= 11 is 0. The predicted octanol–water partition coefficient (Wildman–Crippen LogP) is 3.02. The van der Waals surface area contributed by atoms with Crippen LogP contribution in [0.1, 0.15) is 30.9 Å². The SMILES string of the molecule is CCN(C1CCOCC1)C1CN(C(=O)Nc2ccc(C)c(C)c2)C1. The standard InChI is InChI=1S/C19H29N3O2/c1-4-22(17-7-9-24-10-8-17)18-12-21(13-18)19(23)20-16-6-5-14(2)15(3)11-16/h5-6,11,17-18H,4,7-10,12-13H2,1-3H3,(H,20,23). The van der Waals surface area contributed by atoms with E-state index in [1.165, 1.54) is 11.1 Å². The van der Waals surface area contributed by atoms with Gasteiger partial charge in [0.1, 0.15) is 0 Å². The summed E-state index contributed by atoms with van der Waals surface area (Å²) in [5.41, 5.74) is 3.32. The molecule has 1 aromatic rings. The molecule has 24 heavy (non-hydrogen) atoms. The Kier molecular flexibility index (Phi) is 5.41. The third-order valence-corrected chi connectivity index (χ3v) is 5.40. The molecule has 0 aromatic heterocycles. The normalized spacial score (nSPS) is 19.4. The Labute approximate surface area is 145 Å². The molecule has 3 rings (SSSR count). The van der Waals surface area contributed by atoms with Gasteiger partial charge in [0, 0.05) is 44.1 Å². The van der Waals surface area contributed by atoms with Gasteiger partial charge in [-0.25, -0.2) is 4.79 Å². The molecule has 0 radical (unpaired) electrons. The molecule has 132 valence electrons. The van der Waals surface area contributed by atoms with Gasteiger partial charge in [-0.1, -0.05) is 13.0 Å². The van der Waals surface area contributed by atoms with Gasteiger partial charge in [-0.2, -0.15) is 0 Å². The van der Waals surface area contributed by atoms with E-state index in [0.29, 0.717) is 12.1 Å². The van der Waals surface area contributed by atoms with Crippen LogP contribution in [0.3, 0.4) is 0 Å². The van der Waals surface area contributed by atoms with Crippen LogP contribution in [-0.4, -0.2) is 60.8 Å². The third-order valence-electron chi connectivity index (χ3n) is 5.40. The predicted molar refractivity (Wildman–Crippen MR) is 96.5 cm³/mol. The van der Waals surface area contributed by atoms with E-state index in [9.17, 15) is 4.79 Å². The van der Waals surface area contributed by atoms with Gasteiger partial charge < -0.3 is 15.0 Å². The molecular formula is C19H29N3O2. The monoisotopic (exact) mass is 331 g/mol. The minimum absolute atomic E-state index is 0.0116. The van der Waals surface area contributed by atoms with Crippen molar-refractivity contribution >= 4 is 11.7 Å². The smallest absolute Gasteiger partial charge is 0.321 e. The number of amides is 2. The number of carbonyl (C=O) groups is 1. The topological polar surface area (TPSA) is 44.8 Å². The van der Waals surface area contributed by atoms with Crippen LogP contribution >= 0.6 is 0 Å². The molecule has 0 bridgehead atoms. The number of urea groups is 1. The van der Waals surface area contributed by atoms with Crippen LogP contribution in [0.25, 0.3) is 0 Å². The Morgan fingerprint density at radius 1 is 1.21 bits per heavy atom. The average molecular weight is 331 g/mol. The fourth-order valence-electron chi connectivity index (χ4n) is 3.68. The number of likely N-dealkylation sites (N-methyl/N-ethyl adjacent to an activating group) is 1. The molecule has 2 saturated heterocycles. The Balaban J connectivity index is 1.51. The van der Waals surface area contributed by atoms with Crippen LogP contribution in [0, 0.1) is 13.8 Å². The van der Waals surface area contributed by atoms with Crippen LogP contribution < -0.4 is 5.32 Å². The maximum Gasteiger partial charge on any atom is 0.321 e. The first-order valence-electron chi connectivity index (χ1n) is 9.05. The van der Waals surface area contributed by atoms with Gasteiger partial charge >= 0.3 is 6.03 Å². The van der Waals surface area contributed by atoms with E-state index >= 15 is 0 Å². The van der Waals surface area contributed by atoms with Crippen LogP contribution in [0.5, 0.6) is 0 Å². The first-order chi connectivity index (χ1) is 11.6. The van der Waals surface area contributed by atoms with Crippen LogP contribution in [-0.2, 0) is 4.74 Å². The number of likely N-dealkylation sites (tertiary alicyclic amines) is 1. The van der Waals surface area contributed by atoms with E-state index in [-0.39, 0.29) is 6.03 Å².